The van der Waals surface area contributed by atoms with Gasteiger partial charge in [-0.2, -0.15) is 0 Å². The van der Waals surface area contributed by atoms with E-state index in [0.717, 1.165) is 29.2 Å². The Labute approximate surface area is 182 Å². The molecule has 0 aliphatic carbocycles. The minimum atomic E-state index is -0.0883. The molecule has 1 heterocycles. The normalized spacial score (nSPS) is 11.1. The fourth-order valence-electron chi connectivity index (χ4n) is 2.81. The number of nitrogens with one attached hydrogen (secondary N) is 1. The van der Waals surface area contributed by atoms with Gasteiger partial charge in [0.05, 0.1) is 11.8 Å². The van der Waals surface area contributed by atoms with E-state index in [1.807, 2.05) is 51.1 Å². The van der Waals surface area contributed by atoms with E-state index in [-0.39, 0.29) is 12.0 Å². The van der Waals surface area contributed by atoms with Crippen LogP contribution in [0, 0.1) is 6.92 Å². The van der Waals surface area contributed by atoms with Crippen LogP contribution in [-0.2, 0) is 10.5 Å². The lowest BCUT2D eigenvalue weighted by Crippen LogP contribution is -2.25. The Morgan fingerprint density at radius 1 is 1.13 bits per heavy atom. The van der Waals surface area contributed by atoms with Gasteiger partial charge in [0.25, 0.3) is 5.91 Å². The Bertz CT molecular complexity index is 937. The minimum absolute atomic E-state index is 0.0883. The maximum Gasteiger partial charge on any atom is 0.251 e. The van der Waals surface area contributed by atoms with Crippen molar-refractivity contribution < 1.29 is 13.9 Å². The van der Waals surface area contributed by atoms with Gasteiger partial charge in [-0.05, 0) is 63.6 Å². The standard InChI is InChI=1S/C24H28N2O3S/c1-17(2)28-15-7-14-25-23(27)19-10-12-20(13-11-19)24-26-22(18(3)29-24)16-30-21-8-5-4-6-9-21/h4-6,8-13,17H,7,14-16H2,1-3H3,(H,25,27). The molecule has 3 aromatic rings. The fourth-order valence-corrected chi connectivity index (χ4v) is 3.73. The van der Waals surface area contributed by atoms with Crippen LogP contribution in [0.4, 0.5) is 0 Å². The molecule has 2 aromatic carbocycles. The number of rotatable bonds is 10. The number of oxazole rings is 1. The molecule has 0 aliphatic heterocycles. The molecule has 0 atom stereocenters. The van der Waals surface area contributed by atoms with Crippen molar-refractivity contribution in [1.29, 1.82) is 0 Å². The molecule has 1 aromatic heterocycles. The number of hydrogen-bond acceptors (Lipinski definition) is 5. The SMILES string of the molecule is Cc1oc(-c2ccc(C(=O)NCCCOC(C)C)cc2)nc1CSc1ccccc1. The van der Waals surface area contributed by atoms with Gasteiger partial charge < -0.3 is 14.5 Å². The number of hydrogen-bond donors (Lipinski definition) is 1. The topological polar surface area (TPSA) is 64.4 Å². The molecule has 6 heteroatoms. The fraction of sp³-hybridized carbons (Fsp3) is 0.333. The van der Waals surface area contributed by atoms with Crippen molar-refractivity contribution in [3.63, 3.8) is 0 Å². The average molecular weight is 425 g/mol. The summed E-state index contributed by atoms with van der Waals surface area (Å²) in [5.41, 5.74) is 2.41. The summed E-state index contributed by atoms with van der Waals surface area (Å²) in [5.74, 6) is 2.06. The second kappa shape index (κ2) is 11.0. The zero-order valence-corrected chi connectivity index (χ0v) is 18.5. The molecule has 30 heavy (non-hydrogen) atoms. The van der Waals surface area contributed by atoms with E-state index in [9.17, 15) is 4.79 Å². The van der Waals surface area contributed by atoms with E-state index >= 15 is 0 Å². The second-order valence-electron chi connectivity index (χ2n) is 7.23. The van der Waals surface area contributed by atoms with Crippen LogP contribution >= 0.6 is 11.8 Å². The van der Waals surface area contributed by atoms with Crippen molar-refractivity contribution in [3.8, 4) is 11.5 Å². The van der Waals surface area contributed by atoms with Crippen LogP contribution in [0.3, 0.4) is 0 Å². The number of ether oxygens (including phenoxy) is 1. The van der Waals surface area contributed by atoms with Crippen LogP contribution < -0.4 is 5.32 Å². The summed E-state index contributed by atoms with van der Waals surface area (Å²) < 4.78 is 11.3. The largest absolute Gasteiger partial charge is 0.441 e. The van der Waals surface area contributed by atoms with Crippen LogP contribution in [0.15, 0.2) is 63.9 Å². The van der Waals surface area contributed by atoms with Crippen LogP contribution in [0.2, 0.25) is 0 Å². The molecular weight excluding hydrogens is 396 g/mol. The molecule has 0 bridgehead atoms. The van der Waals surface area contributed by atoms with Crippen molar-refractivity contribution in [3.05, 3.63) is 71.6 Å². The first-order chi connectivity index (χ1) is 14.5. The molecule has 0 unspecified atom stereocenters. The second-order valence-corrected chi connectivity index (χ2v) is 8.28. The number of thioether (sulfide) groups is 1. The van der Waals surface area contributed by atoms with E-state index in [1.165, 1.54) is 4.90 Å². The lowest BCUT2D eigenvalue weighted by molar-refractivity contribution is 0.0757. The maximum absolute atomic E-state index is 12.3. The first kappa shape index (κ1) is 22.1. The Morgan fingerprint density at radius 2 is 1.87 bits per heavy atom. The quantitative estimate of drug-likeness (QED) is 0.344. The summed E-state index contributed by atoms with van der Waals surface area (Å²) in [4.78, 5) is 18.1. The summed E-state index contributed by atoms with van der Waals surface area (Å²) >= 11 is 1.73. The van der Waals surface area contributed by atoms with Gasteiger partial charge in [0.15, 0.2) is 0 Å². The Balaban J connectivity index is 1.55. The number of carbonyl (C=O) groups is 1. The van der Waals surface area contributed by atoms with Gasteiger partial charge in [0, 0.05) is 34.9 Å². The third-order valence-corrected chi connectivity index (χ3v) is 5.49. The van der Waals surface area contributed by atoms with Crippen LogP contribution in [-0.4, -0.2) is 30.1 Å². The highest BCUT2D eigenvalue weighted by molar-refractivity contribution is 7.98. The Kier molecular flexibility index (Phi) is 8.11. The predicted molar refractivity (Wildman–Crippen MR) is 121 cm³/mol. The lowest BCUT2D eigenvalue weighted by atomic mass is 10.1. The van der Waals surface area contributed by atoms with Crippen molar-refractivity contribution in [2.45, 2.75) is 43.9 Å². The molecule has 0 radical (unpaired) electrons. The van der Waals surface area contributed by atoms with Gasteiger partial charge >= 0.3 is 0 Å². The summed E-state index contributed by atoms with van der Waals surface area (Å²) in [7, 11) is 0. The third-order valence-electron chi connectivity index (χ3n) is 4.46. The van der Waals surface area contributed by atoms with E-state index in [0.29, 0.717) is 24.6 Å². The number of aromatic nitrogens is 1. The summed E-state index contributed by atoms with van der Waals surface area (Å²) in [6, 6.07) is 17.6. The van der Waals surface area contributed by atoms with Crippen LogP contribution in [0.1, 0.15) is 42.1 Å². The minimum Gasteiger partial charge on any atom is -0.441 e. The van der Waals surface area contributed by atoms with Gasteiger partial charge in [0.1, 0.15) is 5.76 Å². The van der Waals surface area contributed by atoms with Crippen molar-refractivity contribution in [2.24, 2.45) is 0 Å². The molecule has 0 fully saturated rings. The Morgan fingerprint density at radius 3 is 2.57 bits per heavy atom. The zero-order valence-electron chi connectivity index (χ0n) is 17.7. The molecule has 3 rings (SSSR count). The highest BCUT2D eigenvalue weighted by Gasteiger charge is 2.13. The monoisotopic (exact) mass is 424 g/mol. The molecular formula is C24H28N2O3S. The van der Waals surface area contributed by atoms with E-state index in [1.54, 1.807) is 23.9 Å². The molecule has 5 nitrogen and oxygen atoms in total. The van der Waals surface area contributed by atoms with Gasteiger partial charge in [-0.1, -0.05) is 18.2 Å². The molecule has 1 amide bonds. The third kappa shape index (κ3) is 6.47. The number of amides is 1. The van der Waals surface area contributed by atoms with E-state index < -0.39 is 0 Å². The first-order valence-electron chi connectivity index (χ1n) is 10.2. The average Bonchev–Trinajstić information content (AvgIpc) is 3.13. The summed E-state index contributed by atoms with van der Waals surface area (Å²) in [6.07, 6.45) is 1.01. The lowest BCUT2D eigenvalue weighted by Gasteiger charge is -2.08. The number of nitrogens with zero attached hydrogens (tertiary/aromatic N) is 1. The van der Waals surface area contributed by atoms with Crippen LogP contribution in [0.25, 0.3) is 11.5 Å². The molecule has 0 saturated heterocycles. The van der Waals surface area contributed by atoms with E-state index in [4.69, 9.17) is 9.15 Å². The van der Waals surface area contributed by atoms with Gasteiger partial charge in [-0.3, -0.25) is 4.79 Å². The summed E-state index contributed by atoms with van der Waals surface area (Å²) in [6.45, 7) is 7.17. The predicted octanol–water partition coefficient (Wildman–Crippen LogP) is 5.49. The van der Waals surface area contributed by atoms with E-state index in [2.05, 4.69) is 22.4 Å². The molecule has 0 aliphatic rings. The number of aryl methyl sites for hydroxylation is 1. The van der Waals surface area contributed by atoms with Crippen LogP contribution in [0.5, 0.6) is 0 Å². The van der Waals surface area contributed by atoms with Crippen molar-refractivity contribution in [2.75, 3.05) is 13.2 Å². The zero-order chi connectivity index (χ0) is 21.3. The number of carbonyl (C=O) groups excluding carboxylic acids is 1. The van der Waals surface area contributed by atoms with Gasteiger partial charge in [-0.15, -0.1) is 11.8 Å². The molecule has 0 saturated carbocycles. The highest BCUT2D eigenvalue weighted by atomic mass is 32.2. The first-order valence-corrected chi connectivity index (χ1v) is 11.2. The molecule has 1 N–H and O–H groups in total. The number of benzene rings is 2. The highest BCUT2D eigenvalue weighted by Crippen LogP contribution is 2.27. The van der Waals surface area contributed by atoms with Gasteiger partial charge in [0.2, 0.25) is 5.89 Å². The Hall–Kier alpha value is -2.57. The summed E-state index contributed by atoms with van der Waals surface area (Å²) in [5, 5.41) is 2.92. The van der Waals surface area contributed by atoms with Crippen molar-refractivity contribution >= 4 is 17.7 Å². The molecule has 158 valence electrons. The van der Waals surface area contributed by atoms with Crippen molar-refractivity contribution in [1.82, 2.24) is 10.3 Å². The van der Waals surface area contributed by atoms with Gasteiger partial charge in [-0.25, -0.2) is 4.98 Å². The maximum atomic E-state index is 12.3. The smallest absolute Gasteiger partial charge is 0.251 e. The molecule has 0 spiro atoms.